The second kappa shape index (κ2) is 4.11. The molecule has 0 spiro atoms. The van der Waals surface area contributed by atoms with Crippen LogP contribution in [0.4, 0.5) is 4.79 Å². The van der Waals surface area contributed by atoms with E-state index in [1.54, 1.807) is 0 Å². The minimum atomic E-state index is -0.800. The Hall–Kier alpha value is -1.77. The van der Waals surface area contributed by atoms with E-state index in [0.29, 0.717) is 0 Å². The monoisotopic (exact) mass is 156 g/mol. The van der Waals surface area contributed by atoms with Gasteiger partial charge in [0.25, 0.3) is 5.91 Å². The zero-order valence-electron chi connectivity index (χ0n) is 5.92. The molecule has 0 aromatic carbocycles. The Morgan fingerprint density at radius 1 is 1.64 bits per heavy atom. The van der Waals surface area contributed by atoms with E-state index < -0.39 is 18.0 Å². The van der Waals surface area contributed by atoms with Crippen LogP contribution >= 0.6 is 0 Å². The Bertz CT molecular complexity index is 207. The van der Waals surface area contributed by atoms with Gasteiger partial charge in [0.2, 0.25) is 0 Å². The minimum Gasteiger partial charge on any atom is -0.352 e. The van der Waals surface area contributed by atoms with Crippen LogP contribution in [0.1, 0.15) is 6.92 Å². The second-order valence-corrected chi connectivity index (χ2v) is 1.83. The zero-order chi connectivity index (χ0) is 8.85. The maximum Gasteiger partial charge on any atom is 0.312 e. The number of urea groups is 1. The van der Waals surface area contributed by atoms with Gasteiger partial charge in [-0.05, 0) is 6.92 Å². The number of nitrogens with one attached hydrogen (secondary N) is 2. The van der Waals surface area contributed by atoms with Crippen LogP contribution in [0, 0.1) is 11.5 Å². The molecule has 0 aromatic heterocycles. The van der Waals surface area contributed by atoms with Crippen LogP contribution in [-0.2, 0) is 4.79 Å². The molecule has 11 heavy (non-hydrogen) atoms. The van der Waals surface area contributed by atoms with E-state index in [4.69, 9.17) is 11.0 Å². The highest BCUT2D eigenvalue weighted by Crippen LogP contribution is 1.78. The van der Waals surface area contributed by atoms with Gasteiger partial charge >= 0.3 is 6.03 Å². The van der Waals surface area contributed by atoms with Crippen molar-refractivity contribution >= 4 is 11.9 Å². The van der Waals surface area contributed by atoms with E-state index in [2.05, 4.69) is 5.32 Å². The molecule has 0 rings (SSSR count). The number of nitrogens with two attached hydrogens (primary N) is 1. The lowest BCUT2D eigenvalue weighted by atomic mass is 10.3. The number of nitriles is 1. The van der Waals surface area contributed by atoms with Gasteiger partial charge in [0.15, 0.2) is 6.19 Å². The van der Waals surface area contributed by atoms with Gasteiger partial charge in [-0.3, -0.25) is 10.1 Å². The van der Waals surface area contributed by atoms with E-state index in [1.807, 2.05) is 5.32 Å². The number of amides is 3. The van der Waals surface area contributed by atoms with Crippen molar-refractivity contribution in [3.05, 3.63) is 0 Å². The molecular weight excluding hydrogens is 148 g/mol. The van der Waals surface area contributed by atoms with Gasteiger partial charge in [0.1, 0.15) is 6.04 Å². The molecule has 0 aliphatic rings. The summed E-state index contributed by atoms with van der Waals surface area (Å²) < 4.78 is 0. The molecule has 0 fully saturated rings. The van der Waals surface area contributed by atoms with E-state index in [9.17, 15) is 9.59 Å². The highest BCUT2D eigenvalue weighted by atomic mass is 16.2. The average molecular weight is 156 g/mol. The third kappa shape index (κ3) is 3.75. The summed E-state index contributed by atoms with van der Waals surface area (Å²) in [6.45, 7) is 1.41. The predicted molar refractivity (Wildman–Crippen MR) is 35.9 cm³/mol. The number of hydrogen-bond donors (Lipinski definition) is 3. The minimum absolute atomic E-state index is 0.591. The molecule has 0 aliphatic carbocycles. The summed E-state index contributed by atoms with van der Waals surface area (Å²) in [7, 11) is 0. The Morgan fingerprint density at radius 3 is 2.55 bits per heavy atom. The van der Waals surface area contributed by atoms with Crippen molar-refractivity contribution in [3.8, 4) is 6.19 Å². The Morgan fingerprint density at radius 2 is 2.18 bits per heavy atom. The van der Waals surface area contributed by atoms with Crippen LogP contribution in [0.15, 0.2) is 0 Å². The van der Waals surface area contributed by atoms with Crippen molar-refractivity contribution in [2.45, 2.75) is 13.0 Å². The van der Waals surface area contributed by atoms with Crippen LogP contribution < -0.4 is 16.4 Å². The number of carbonyl (C=O) groups is 2. The molecule has 3 amide bonds. The van der Waals surface area contributed by atoms with Gasteiger partial charge in [0.05, 0.1) is 0 Å². The van der Waals surface area contributed by atoms with Gasteiger partial charge in [-0.1, -0.05) is 0 Å². The lowest BCUT2D eigenvalue weighted by Gasteiger charge is -2.07. The Labute approximate surface area is 63.4 Å². The van der Waals surface area contributed by atoms with Gasteiger partial charge < -0.3 is 11.1 Å². The van der Waals surface area contributed by atoms with Crippen LogP contribution in [0.5, 0.6) is 0 Å². The second-order valence-electron chi connectivity index (χ2n) is 1.83. The fraction of sp³-hybridized carbons (Fsp3) is 0.400. The van der Waals surface area contributed by atoms with Crippen molar-refractivity contribution in [2.24, 2.45) is 5.73 Å². The summed E-state index contributed by atoms with van der Waals surface area (Å²) in [6.07, 6.45) is 1.43. The maximum atomic E-state index is 10.7. The Balaban J connectivity index is 3.85. The fourth-order valence-corrected chi connectivity index (χ4v) is 0.442. The largest absolute Gasteiger partial charge is 0.352 e. The number of carbonyl (C=O) groups excluding carboxylic acids is 2. The molecule has 0 bridgehead atoms. The molecule has 0 aromatic rings. The molecule has 1 unspecified atom stereocenters. The summed E-state index contributed by atoms with van der Waals surface area (Å²) in [5.74, 6) is -0.591. The summed E-state index contributed by atoms with van der Waals surface area (Å²) in [6, 6.07) is -1.59. The predicted octanol–water partition coefficient (Wildman–Crippen LogP) is -1.36. The van der Waals surface area contributed by atoms with Crippen molar-refractivity contribution in [2.75, 3.05) is 0 Å². The van der Waals surface area contributed by atoms with Gasteiger partial charge in [-0.2, -0.15) is 5.26 Å². The van der Waals surface area contributed by atoms with E-state index in [-0.39, 0.29) is 0 Å². The number of primary amides is 1. The van der Waals surface area contributed by atoms with Crippen LogP contribution in [0.25, 0.3) is 0 Å². The first-order chi connectivity index (χ1) is 5.07. The summed E-state index contributed by atoms with van der Waals surface area (Å²) in [5.41, 5.74) is 4.71. The molecular formula is C5H8N4O2. The lowest BCUT2D eigenvalue weighted by molar-refractivity contribution is -0.121. The molecule has 6 nitrogen and oxygen atoms in total. The van der Waals surface area contributed by atoms with E-state index in [1.165, 1.54) is 13.1 Å². The highest BCUT2D eigenvalue weighted by molar-refractivity contribution is 5.86. The molecule has 0 heterocycles. The lowest BCUT2D eigenvalue weighted by Crippen LogP contribution is -2.45. The average Bonchev–Trinajstić information content (AvgIpc) is 1.86. The summed E-state index contributed by atoms with van der Waals surface area (Å²) >= 11 is 0. The van der Waals surface area contributed by atoms with Crippen LogP contribution in [0.2, 0.25) is 0 Å². The zero-order valence-corrected chi connectivity index (χ0v) is 5.92. The van der Waals surface area contributed by atoms with Gasteiger partial charge in [0, 0.05) is 0 Å². The molecule has 0 aliphatic heterocycles. The first-order valence-electron chi connectivity index (χ1n) is 2.83. The topological polar surface area (TPSA) is 108 Å². The molecule has 6 heteroatoms. The van der Waals surface area contributed by atoms with Crippen molar-refractivity contribution < 1.29 is 9.59 Å². The van der Waals surface area contributed by atoms with E-state index >= 15 is 0 Å². The van der Waals surface area contributed by atoms with Crippen molar-refractivity contribution in [1.82, 2.24) is 10.6 Å². The summed E-state index contributed by atoms with van der Waals surface area (Å²) in [5, 5.41) is 11.9. The molecule has 0 radical (unpaired) electrons. The fourth-order valence-electron chi connectivity index (χ4n) is 0.442. The molecule has 4 N–H and O–H groups in total. The maximum absolute atomic E-state index is 10.7. The third-order valence-corrected chi connectivity index (χ3v) is 0.931. The van der Waals surface area contributed by atoms with Crippen molar-refractivity contribution in [3.63, 3.8) is 0 Å². The van der Waals surface area contributed by atoms with E-state index in [0.717, 1.165) is 0 Å². The molecule has 0 saturated carbocycles. The van der Waals surface area contributed by atoms with Gasteiger partial charge in [-0.25, -0.2) is 4.79 Å². The summed E-state index contributed by atoms with van der Waals surface area (Å²) in [4.78, 5) is 20.8. The van der Waals surface area contributed by atoms with Crippen LogP contribution in [-0.4, -0.2) is 18.0 Å². The standard InChI is InChI=1S/C5H8N4O2/c1-3(9-5(7)11)4(10)8-2-6/h3H,1H3,(H,8,10)(H3,7,9,11). The van der Waals surface area contributed by atoms with Gasteiger partial charge in [-0.15, -0.1) is 0 Å². The molecule has 0 saturated heterocycles. The molecule has 60 valence electrons. The van der Waals surface area contributed by atoms with Crippen LogP contribution in [0.3, 0.4) is 0 Å². The Kier molecular flexibility index (Phi) is 3.45. The number of hydrogen-bond acceptors (Lipinski definition) is 3. The first kappa shape index (κ1) is 9.23. The first-order valence-corrected chi connectivity index (χ1v) is 2.83. The number of rotatable bonds is 2. The smallest absolute Gasteiger partial charge is 0.312 e. The third-order valence-electron chi connectivity index (χ3n) is 0.931. The SMILES string of the molecule is CC(NC(N)=O)C(=O)NC#N. The number of nitrogens with zero attached hydrogens (tertiary/aromatic N) is 1. The van der Waals surface area contributed by atoms with Crippen molar-refractivity contribution in [1.29, 1.82) is 5.26 Å². The normalized spacial score (nSPS) is 10.9. The quantitative estimate of drug-likeness (QED) is 0.339. The highest BCUT2D eigenvalue weighted by Gasteiger charge is 2.12. The molecule has 1 atom stereocenters.